The van der Waals surface area contributed by atoms with E-state index in [1.165, 1.54) is 11.1 Å². The van der Waals surface area contributed by atoms with Crippen molar-refractivity contribution in [2.75, 3.05) is 27.4 Å². The van der Waals surface area contributed by atoms with Crippen LogP contribution in [0.5, 0.6) is 11.5 Å². The molecule has 1 aliphatic heterocycles. The number of rotatable bonds is 5. The zero-order valence-corrected chi connectivity index (χ0v) is 16.0. The number of fused-ring (bicyclic) bond motifs is 2. The minimum absolute atomic E-state index is 0.132. The summed E-state index contributed by atoms with van der Waals surface area (Å²) < 4.78 is 10.9. The van der Waals surface area contributed by atoms with Crippen molar-refractivity contribution in [2.24, 2.45) is 0 Å². The molecule has 0 spiro atoms. The number of nitrogens with one attached hydrogen (secondary N) is 1. The van der Waals surface area contributed by atoms with Crippen molar-refractivity contribution in [3.63, 3.8) is 0 Å². The van der Waals surface area contributed by atoms with Crippen LogP contribution < -0.4 is 14.4 Å². The SMILES string of the molecule is C[NH+](C)CC(=O)N(Cc1ccc2c(c1)OCO2)[C@@H]1CCCc2ccccc21. The maximum atomic E-state index is 13.1. The van der Waals surface area contributed by atoms with Crippen molar-refractivity contribution in [2.45, 2.75) is 31.8 Å². The Morgan fingerprint density at radius 3 is 2.81 bits per heavy atom. The third kappa shape index (κ3) is 3.78. The molecule has 0 fully saturated rings. The van der Waals surface area contributed by atoms with E-state index in [-0.39, 0.29) is 18.7 Å². The summed E-state index contributed by atoms with van der Waals surface area (Å²) in [6.07, 6.45) is 3.22. The van der Waals surface area contributed by atoms with Crippen LogP contribution in [0.1, 0.15) is 35.6 Å². The summed E-state index contributed by atoms with van der Waals surface area (Å²) >= 11 is 0. The first kappa shape index (κ1) is 17.9. The second-order valence-electron chi connectivity index (χ2n) is 7.70. The molecule has 1 N–H and O–H groups in total. The van der Waals surface area contributed by atoms with E-state index in [1.807, 2.05) is 32.3 Å². The number of likely N-dealkylation sites (N-methyl/N-ethyl adjacent to an activating group) is 1. The summed E-state index contributed by atoms with van der Waals surface area (Å²) in [5, 5.41) is 0. The number of quaternary nitrogens is 1. The Bertz CT molecular complexity index is 834. The first-order valence-corrected chi connectivity index (χ1v) is 9.66. The average molecular weight is 367 g/mol. The summed E-state index contributed by atoms with van der Waals surface area (Å²) in [6.45, 7) is 1.34. The Morgan fingerprint density at radius 2 is 1.96 bits per heavy atom. The van der Waals surface area contributed by atoms with E-state index in [4.69, 9.17) is 9.47 Å². The van der Waals surface area contributed by atoms with Crippen molar-refractivity contribution >= 4 is 5.91 Å². The van der Waals surface area contributed by atoms with Gasteiger partial charge < -0.3 is 19.3 Å². The molecule has 0 bridgehead atoms. The highest BCUT2D eigenvalue weighted by atomic mass is 16.7. The van der Waals surface area contributed by atoms with Gasteiger partial charge in [-0.1, -0.05) is 30.3 Å². The van der Waals surface area contributed by atoms with Gasteiger partial charge in [0, 0.05) is 6.54 Å². The van der Waals surface area contributed by atoms with Gasteiger partial charge in [-0.15, -0.1) is 0 Å². The molecule has 1 amide bonds. The van der Waals surface area contributed by atoms with Crippen molar-refractivity contribution < 1.29 is 19.2 Å². The standard InChI is InChI=1S/C22H26N2O3/c1-23(2)14-22(25)24(13-16-10-11-20-21(12-16)27-15-26-20)19-9-5-7-17-6-3-4-8-18(17)19/h3-4,6,8,10-12,19H,5,7,9,13-15H2,1-2H3/p+1/t19-/m1/s1. The highest BCUT2D eigenvalue weighted by molar-refractivity contribution is 5.78. The topological polar surface area (TPSA) is 43.2 Å². The zero-order chi connectivity index (χ0) is 18.8. The van der Waals surface area contributed by atoms with Crippen molar-refractivity contribution in [3.8, 4) is 11.5 Å². The van der Waals surface area contributed by atoms with Crippen LogP contribution in [0, 0.1) is 0 Å². The highest BCUT2D eigenvalue weighted by Crippen LogP contribution is 2.37. The minimum atomic E-state index is 0.132. The molecule has 5 nitrogen and oxygen atoms in total. The zero-order valence-electron chi connectivity index (χ0n) is 16.0. The van der Waals surface area contributed by atoms with E-state index in [0.29, 0.717) is 13.1 Å². The van der Waals surface area contributed by atoms with E-state index < -0.39 is 0 Å². The maximum absolute atomic E-state index is 13.1. The van der Waals surface area contributed by atoms with Crippen LogP contribution in [0.15, 0.2) is 42.5 Å². The van der Waals surface area contributed by atoms with Gasteiger partial charge >= 0.3 is 0 Å². The fraction of sp³-hybridized carbons (Fsp3) is 0.409. The van der Waals surface area contributed by atoms with Crippen LogP contribution >= 0.6 is 0 Å². The number of ether oxygens (including phenoxy) is 2. The molecule has 1 atom stereocenters. The normalized spacial score (nSPS) is 17.7. The number of hydrogen-bond donors (Lipinski definition) is 1. The molecule has 5 heteroatoms. The number of nitrogens with zero attached hydrogens (tertiary/aromatic N) is 1. The molecule has 1 aliphatic carbocycles. The monoisotopic (exact) mass is 367 g/mol. The van der Waals surface area contributed by atoms with E-state index in [2.05, 4.69) is 29.2 Å². The first-order chi connectivity index (χ1) is 13.1. The molecule has 1 heterocycles. The number of amides is 1. The average Bonchev–Trinajstić information content (AvgIpc) is 3.13. The summed E-state index contributed by atoms with van der Waals surface area (Å²) in [6, 6.07) is 14.7. The molecule has 2 aliphatic rings. The molecule has 2 aromatic rings. The fourth-order valence-electron chi connectivity index (χ4n) is 4.06. The van der Waals surface area contributed by atoms with Crippen LogP contribution in [0.2, 0.25) is 0 Å². The third-order valence-corrected chi connectivity index (χ3v) is 5.33. The number of aryl methyl sites for hydroxylation is 1. The molecule has 142 valence electrons. The van der Waals surface area contributed by atoms with Crippen molar-refractivity contribution in [1.29, 1.82) is 0 Å². The van der Waals surface area contributed by atoms with Crippen LogP contribution in [-0.2, 0) is 17.8 Å². The van der Waals surface area contributed by atoms with Gasteiger partial charge in [0.1, 0.15) is 0 Å². The summed E-state index contributed by atoms with van der Waals surface area (Å²) in [4.78, 5) is 16.3. The van der Waals surface area contributed by atoms with Gasteiger partial charge in [-0.2, -0.15) is 0 Å². The first-order valence-electron chi connectivity index (χ1n) is 9.66. The highest BCUT2D eigenvalue weighted by Gasteiger charge is 2.30. The van der Waals surface area contributed by atoms with E-state index in [0.717, 1.165) is 41.2 Å². The van der Waals surface area contributed by atoms with Crippen molar-refractivity contribution in [3.05, 3.63) is 59.2 Å². The molecule has 0 saturated carbocycles. The Hall–Kier alpha value is -2.53. The van der Waals surface area contributed by atoms with Crippen LogP contribution in [0.3, 0.4) is 0 Å². The maximum Gasteiger partial charge on any atom is 0.278 e. The summed E-state index contributed by atoms with van der Waals surface area (Å²) in [5.41, 5.74) is 3.74. The predicted octanol–water partition coefficient (Wildman–Crippen LogP) is 1.97. The van der Waals surface area contributed by atoms with Gasteiger partial charge in [-0.25, -0.2) is 0 Å². The minimum Gasteiger partial charge on any atom is -0.454 e. The Morgan fingerprint density at radius 1 is 1.15 bits per heavy atom. The van der Waals surface area contributed by atoms with Crippen LogP contribution in [0.4, 0.5) is 0 Å². The van der Waals surface area contributed by atoms with Crippen LogP contribution in [-0.4, -0.2) is 38.2 Å². The predicted molar refractivity (Wildman–Crippen MR) is 103 cm³/mol. The third-order valence-electron chi connectivity index (χ3n) is 5.33. The molecule has 0 unspecified atom stereocenters. The number of carbonyl (C=O) groups excluding carboxylic acids is 1. The molecule has 27 heavy (non-hydrogen) atoms. The number of benzene rings is 2. The molecular formula is C22H27N2O3+. The molecule has 4 rings (SSSR count). The molecular weight excluding hydrogens is 340 g/mol. The molecule has 0 aromatic heterocycles. The summed E-state index contributed by atoms with van der Waals surface area (Å²) in [7, 11) is 4.04. The quantitative estimate of drug-likeness (QED) is 0.879. The molecule has 0 saturated heterocycles. The summed E-state index contributed by atoms with van der Waals surface area (Å²) in [5.74, 6) is 1.73. The lowest BCUT2D eigenvalue weighted by molar-refractivity contribution is -0.849. The van der Waals surface area contributed by atoms with E-state index in [1.54, 1.807) is 0 Å². The van der Waals surface area contributed by atoms with Crippen molar-refractivity contribution in [1.82, 2.24) is 4.90 Å². The lowest BCUT2D eigenvalue weighted by atomic mass is 9.86. The van der Waals surface area contributed by atoms with Gasteiger partial charge in [0.25, 0.3) is 5.91 Å². The second-order valence-corrected chi connectivity index (χ2v) is 7.70. The fourth-order valence-corrected chi connectivity index (χ4v) is 4.06. The number of hydrogen-bond acceptors (Lipinski definition) is 3. The lowest BCUT2D eigenvalue weighted by Gasteiger charge is -2.36. The Labute approximate surface area is 160 Å². The van der Waals surface area contributed by atoms with Gasteiger partial charge in [0.2, 0.25) is 6.79 Å². The Kier molecular flexibility index (Phi) is 5.03. The van der Waals surface area contributed by atoms with Gasteiger partial charge in [0.15, 0.2) is 18.0 Å². The second kappa shape index (κ2) is 7.61. The molecule has 0 radical (unpaired) electrons. The van der Waals surface area contributed by atoms with E-state index >= 15 is 0 Å². The van der Waals surface area contributed by atoms with Gasteiger partial charge in [0.05, 0.1) is 20.1 Å². The van der Waals surface area contributed by atoms with Gasteiger partial charge in [-0.05, 0) is 48.1 Å². The molecule has 2 aromatic carbocycles. The Balaban J connectivity index is 1.65. The van der Waals surface area contributed by atoms with Crippen LogP contribution in [0.25, 0.3) is 0 Å². The van der Waals surface area contributed by atoms with Gasteiger partial charge in [-0.3, -0.25) is 4.79 Å². The van der Waals surface area contributed by atoms with E-state index in [9.17, 15) is 4.79 Å². The lowest BCUT2D eigenvalue weighted by Crippen LogP contribution is -3.07. The smallest absolute Gasteiger partial charge is 0.278 e. The largest absolute Gasteiger partial charge is 0.454 e. The number of carbonyl (C=O) groups is 1.